The number of hydrogen-bond acceptors (Lipinski definition) is 8. The van der Waals surface area contributed by atoms with Gasteiger partial charge in [0.25, 0.3) is 0 Å². The van der Waals surface area contributed by atoms with Crippen LogP contribution in [-0.4, -0.2) is 64.8 Å². The lowest BCUT2D eigenvalue weighted by molar-refractivity contribution is -0.145. The Labute approximate surface area is 241 Å². The van der Waals surface area contributed by atoms with Crippen molar-refractivity contribution in [2.24, 2.45) is 0 Å². The maximum Gasteiger partial charge on any atom is 0.451 e. The van der Waals surface area contributed by atoms with Crippen molar-refractivity contribution in [1.29, 1.82) is 5.26 Å². The van der Waals surface area contributed by atoms with E-state index in [9.17, 15) is 18.4 Å². The highest BCUT2D eigenvalue weighted by Gasteiger charge is 2.49. The Balaban J connectivity index is 1.09. The summed E-state index contributed by atoms with van der Waals surface area (Å²) in [5.41, 5.74) is 2.49. The minimum absolute atomic E-state index is 0.0343. The van der Waals surface area contributed by atoms with Crippen LogP contribution in [0.3, 0.4) is 0 Å². The van der Waals surface area contributed by atoms with Gasteiger partial charge in [0, 0.05) is 60.3 Å². The summed E-state index contributed by atoms with van der Waals surface area (Å²) in [4.78, 5) is 21.8. The normalized spacial score (nSPS) is 21.7. The average Bonchev–Trinajstić information content (AvgIpc) is 3.64. The second-order valence-corrected chi connectivity index (χ2v) is 11.4. The van der Waals surface area contributed by atoms with Gasteiger partial charge in [0.05, 0.1) is 29.9 Å². The summed E-state index contributed by atoms with van der Waals surface area (Å²) >= 11 is 0. The predicted octanol–water partition coefficient (Wildman–Crippen LogP) is 5.32. The fourth-order valence-electron chi connectivity index (χ4n) is 6.24. The predicted molar refractivity (Wildman–Crippen MR) is 150 cm³/mol. The van der Waals surface area contributed by atoms with Crippen LogP contribution in [0.25, 0.3) is 22.3 Å². The number of likely N-dealkylation sites (tertiary alicyclic amines) is 1. The molecule has 4 aromatic rings. The summed E-state index contributed by atoms with van der Waals surface area (Å²) in [7, 11) is 0. The van der Waals surface area contributed by atoms with Gasteiger partial charge in [-0.25, -0.2) is 19.9 Å². The molecule has 2 aliphatic rings. The molecule has 1 saturated heterocycles. The van der Waals surface area contributed by atoms with Crippen molar-refractivity contribution in [3.05, 3.63) is 48.6 Å². The highest BCUT2D eigenvalue weighted by Crippen LogP contribution is 2.45. The summed E-state index contributed by atoms with van der Waals surface area (Å²) in [5, 5.41) is 18.5. The molecular formula is C29H33F3N10. The van der Waals surface area contributed by atoms with Gasteiger partial charge in [-0.15, -0.1) is 0 Å². The monoisotopic (exact) mass is 578 g/mol. The molecule has 2 fully saturated rings. The number of aromatic nitrogens is 7. The number of hydrogen-bond donors (Lipinski definition) is 2. The van der Waals surface area contributed by atoms with Crippen LogP contribution >= 0.6 is 0 Å². The number of anilines is 1. The highest BCUT2D eigenvalue weighted by atomic mass is 19.4. The minimum atomic E-state index is -4.58. The Bertz CT molecular complexity index is 1570. The number of unbranched alkanes of at least 4 members (excludes halogenated alkanes) is 1. The summed E-state index contributed by atoms with van der Waals surface area (Å²) in [5.74, 6) is -0.841. The Morgan fingerprint density at radius 2 is 2.00 bits per heavy atom. The van der Waals surface area contributed by atoms with E-state index in [4.69, 9.17) is 0 Å². The third kappa shape index (κ3) is 5.55. The van der Waals surface area contributed by atoms with Gasteiger partial charge in [-0.2, -0.15) is 23.5 Å². The lowest BCUT2D eigenvalue weighted by atomic mass is 9.69. The molecule has 1 aliphatic carbocycles. The Morgan fingerprint density at radius 3 is 2.74 bits per heavy atom. The third-order valence-electron chi connectivity index (χ3n) is 8.55. The van der Waals surface area contributed by atoms with Crippen molar-refractivity contribution in [3.63, 3.8) is 0 Å². The number of aromatic amines is 1. The summed E-state index contributed by atoms with van der Waals surface area (Å²) < 4.78 is 42.2. The number of alkyl halides is 3. The molecular weight excluding hydrogens is 545 g/mol. The van der Waals surface area contributed by atoms with Gasteiger partial charge in [0.2, 0.25) is 5.82 Å². The fraction of sp³-hybridized carbons (Fsp3) is 0.517. The Morgan fingerprint density at radius 1 is 1.19 bits per heavy atom. The van der Waals surface area contributed by atoms with Crippen LogP contribution < -0.4 is 5.32 Å². The van der Waals surface area contributed by atoms with Crippen LogP contribution in [0.5, 0.6) is 0 Å². The van der Waals surface area contributed by atoms with Gasteiger partial charge in [-0.1, -0.05) is 13.3 Å². The van der Waals surface area contributed by atoms with E-state index in [0.29, 0.717) is 24.6 Å². The third-order valence-corrected chi connectivity index (χ3v) is 8.55. The van der Waals surface area contributed by atoms with Crippen LogP contribution in [0, 0.1) is 11.3 Å². The van der Waals surface area contributed by atoms with E-state index in [2.05, 4.69) is 46.3 Å². The molecule has 0 atom stereocenters. The van der Waals surface area contributed by atoms with Crippen molar-refractivity contribution in [3.8, 4) is 17.3 Å². The van der Waals surface area contributed by atoms with Crippen molar-refractivity contribution < 1.29 is 13.2 Å². The van der Waals surface area contributed by atoms with Gasteiger partial charge in [0.1, 0.15) is 17.8 Å². The van der Waals surface area contributed by atoms with Gasteiger partial charge >= 0.3 is 6.18 Å². The van der Waals surface area contributed by atoms with E-state index in [0.717, 1.165) is 73.9 Å². The lowest BCUT2D eigenvalue weighted by Crippen LogP contribution is -2.58. The minimum Gasteiger partial charge on any atom is -0.367 e. The van der Waals surface area contributed by atoms with E-state index in [1.54, 1.807) is 12.3 Å². The molecule has 10 nitrogen and oxygen atoms in total. The molecule has 0 aromatic carbocycles. The standard InChI is InChI=1S/C29H33F3N10/c1-2-3-4-21-13-24(40-27(39-21)29(30,31)32)38-20-6-11-41(12-7-20)22-14-28(15-22,8-9-33)42-17-19(16-37-42)25-23-5-10-34-26(23)36-18-35-25/h5,10,13,16-18,20,22H,2-4,6-8,11-12,14-15H2,1H3,(H,34,35,36)(H,38,39,40). The second-order valence-electron chi connectivity index (χ2n) is 11.4. The molecule has 6 rings (SSSR count). The maximum atomic E-state index is 13.4. The Hall–Kier alpha value is -4.05. The molecule has 0 unspecified atom stereocenters. The lowest BCUT2D eigenvalue weighted by Gasteiger charge is -2.52. The molecule has 1 aliphatic heterocycles. The first-order chi connectivity index (χ1) is 20.3. The highest BCUT2D eigenvalue weighted by molar-refractivity contribution is 5.90. The van der Waals surface area contributed by atoms with E-state index in [1.165, 1.54) is 6.33 Å². The molecule has 2 N–H and O–H groups in total. The van der Waals surface area contributed by atoms with Crippen LogP contribution in [0.4, 0.5) is 19.0 Å². The molecule has 4 aromatic heterocycles. The smallest absolute Gasteiger partial charge is 0.367 e. The largest absolute Gasteiger partial charge is 0.451 e. The molecule has 220 valence electrons. The maximum absolute atomic E-state index is 13.4. The topological polar surface area (TPSA) is 124 Å². The van der Waals surface area contributed by atoms with Crippen LogP contribution in [-0.2, 0) is 18.1 Å². The zero-order valence-corrected chi connectivity index (χ0v) is 23.4. The fourth-order valence-corrected chi connectivity index (χ4v) is 6.24. The van der Waals surface area contributed by atoms with Crippen LogP contribution in [0.2, 0.25) is 0 Å². The number of rotatable bonds is 9. The number of fused-ring (bicyclic) bond motifs is 1. The first-order valence-electron chi connectivity index (χ1n) is 14.4. The summed E-state index contributed by atoms with van der Waals surface area (Å²) in [6.45, 7) is 3.64. The van der Waals surface area contributed by atoms with Crippen LogP contribution in [0.15, 0.2) is 37.1 Å². The zero-order chi connectivity index (χ0) is 29.3. The SMILES string of the molecule is CCCCc1cc(NC2CCN(C3CC(CC#N)(n4cc(-c5ncnc6[nH]ccc56)cn4)C3)CC2)nc(C(F)(F)F)n1. The first kappa shape index (κ1) is 28.1. The average molecular weight is 579 g/mol. The molecule has 0 spiro atoms. The van der Waals surface area contributed by atoms with Crippen molar-refractivity contribution in [2.75, 3.05) is 18.4 Å². The number of nitriles is 1. The van der Waals surface area contributed by atoms with Crippen LogP contribution in [0.1, 0.15) is 63.4 Å². The van der Waals surface area contributed by atoms with E-state index in [-0.39, 0.29) is 17.4 Å². The van der Waals surface area contributed by atoms with Crippen molar-refractivity contribution in [1.82, 2.24) is 39.6 Å². The van der Waals surface area contributed by atoms with Crippen molar-refractivity contribution in [2.45, 2.75) is 82.1 Å². The number of nitrogens with one attached hydrogen (secondary N) is 2. The van der Waals surface area contributed by atoms with Gasteiger partial charge < -0.3 is 15.2 Å². The number of aryl methyl sites for hydroxylation is 1. The quantitative estimate of drug-likeness (QED) is 0.274. The molecule has 0 amide bonds. The van der Waals surface area contributed by atoms with E-state index in [1.807, 2.05) is 30.1 Å². The number of nitrogens with zero attached hydrogens (tertiary/aromatic N) is 8. The van der Waals surface area contributed by atoms with Gasteiger partial charge in [0.15, 0.2) is 0 Å². The molecule has 1 saturated carbocycles. The number of H-pyrrole nitrogens is 1. The van der Waals surface area contributed by atoms with E-state index >= 15 is 0 Å². The Kier molecular flexibility index (Phi) is 7.57. The number of piperidine rings is 1. The zero-order valence-electron chi connectivity index (χ0n) is 23.4. The summed E-state index contributed by atoms with van der Waals surface area (Å²) in [6.07, 6.45) is 8.27. The molecule has 13 heteroatoms. The second kappa shape index (κ2) is 11.3. The molecule has 42 heavy (non-hydrogen) atoms. The van der Waals surface area contributed by atoms with Gasteiger partial charge in [-0.3, -0.25) is 4.68 Å². The molecule has 0 bridgehead atoms. The summed E-state index contributed by atoms with van der Waals surface area (Å²) in [6, 6.07) is 6.31. The van der Waals surface area contributed by atoms with Gasteiger partial charge in [-0.05, 0) is 44.6 Å². The molecule has 5 heterocycles. The van der Waals surface area contributed by atoms with Crippen molar-refractivity contribution >= 4 is 16.9 Å². The number of halogens is 3. The van der Waals surface area contributed by atoms with E-state index < -0.39 is 12.0 Å². The molecule has 0 radical (unpaired) electrons. The first-order valence-corrected chi connectivity index (χ1v) is 14.4.